The van der Waals surface area contributed by atoms with Gasteiger partial charge in [-0.3, -0.25) is 0 Å². The Labute approximate surface area is 220 Å². The molecule has 0 N–H and O–H groups in total. The Morgan fingerprint density at radius 3 is 1.49 bits per heavy atom. The Balaban J connectivity index is 1.85. The number of nitrogens with zero attached hydrogens (tertiary/aromatic N) is 8. The molecule has 0 aliphatic carbocycles. The highest BCUT2D eigenvalue weighted by molar-refractivity contribution is 5.69. The first-order valence-electron chi connectivity index (χ1n) is 13.4. The maximum atomic E-state index is 4.89. The highest BCUT2D eigenvalue weighted by Crippen LogP contribution is 2.31. The van der Waals surface area contributed by atoms with Crippen LogP contribution in [-0.4, -0.2) is 47.6 Å². The molecule has 0 bridgehead atoms. The van der Waals surface area contributed by atoms with Crippen LogP contribution in [0.4, 0.5) is 5.69 Å². The lowest BCUT2D eigenvalue weighted by atomic mass is 10.0. The Bertz CT molecular complexity index is 1290. The summed E-state index contributed by atoms with van der Waals surface area (Å²) in [6.07, 6.45) is 4.76. The first kappa shape index (κ1) is 26.5. The van der Waals surface area contributed by atoms with E-state index < -0.39 is 0 Å². The van der Waals surface area contributed by atoms with Gasteiger partial charge in [0.1, 0.15) is 0 Å². The molecule has 37 heavy (non-hydrogen) atoms. The quantitative estimate of drug-likeness (QED) is 0.259. The largest absolute Gasteiger partial charge is 0.371 e. The lowest BCUT2D eigenvalue weighted by Gasteiger charge is -2.28. The molecular formula is C29H40N8. The van der Waals surface area contributed by atoms with Gasteiger partial charge in [-0.15, -0.1) is 0 Å². The van der Waals surface area contributed by atoms with E-state index in [-0.39, 0.29) is 0 Å². The van der Waals surface area contributed by atoms with E-state index in [4.69, 9.17) is 15.0 Å². The monoisotopic (exact) mass is 500 g/mol. The van der Waals surface area contributed by atoms with Gasteiger partial charge in [0.15, 0.2) is 5.82 Å². The molecular weight excluding hydrogens is 460 g/mol. The number of rotatable bonds is 10. The van der Waals surface area contributed by atoms with Gasteiger partial charge >= 0.3 is 0 Å². The molecule has 1 aromatic carbocycles. The normalized spacial score (nSPS) is 11.4. The van der Waals surface area contributed by atoms with Crippen molar-refractivity contribution >= 4 is 5.69 Å². The van der Waals surface area contributed by atoms with Crippen molar-refractivity contribution in [1.29, 1.82) is 0 Å². The van der Waals surface area contributed by atoms with Crippen LogP contribution in [0.15, 0.2) is 24.3 Å². The van der Waals surface area contributed by atoms with Crippen LogP contribution in [0.25, 0.3) is 23.3 Å². The van der Waals surface area contributed by atoms with Gasteiger partial charge in [0, 0.05) is 35.7 Å². The minimum atomic E-state index is 0.491. The second-order valence-electron chi connectivity index (χ2n) is 10.1. The van der Waals surface area contributed by atoms with Gasteiger partial charge in [-0.05, 0) is 89.8 Å². The van der Waals surface area contributed by atoms with Crippen LogP contribution < -0.4 is 4.90 Å². The molecule has 0 atom stereocenters. The van der Waals surface area contributed by atoms with Crippen LogP contribution in [0.3, 0.4) is 0 Å². The molecule has 3 heterocycles. The average molecular weight is 501 g/mol. The lowest BCUT2D eigenvalue weighted by molar-refractivity contribution is 0.675. The van der Waals surface area contributed by atoms with E-state index in [0.717, 1.165) is 41.4 Å². The minimum Gasteiger partial charge on any atom is -0.371 e. The van der Waals surface area contributed by atoms with Crippen molar-refractivity contribution < 1.29 is 0 Å². The molecule has 4 rings (SSSR count). The topological polar surface area (TPSA) is 77.5 Å². The molecule has 0 amide bonds. The fourth-order valence-corrected chi connectivity index (χ4v) is 4.95. The summed E-state index contributed by atoms with van der Waals surface area (Å²) in [6, 6.07) is 8.46. The molecule has 0 unspecified atom stereocenters. The number of aromatic nitrogens is 7. The highest BCUT2D eigenvalue weighted by atomic mass is 15.4. The molecule has 0 spiro atoms. The number of anilines is 1. The van der Waals surface area contributed by atoms with Gasteiger partial charge in [0.25, 0.3) is 11.9 Å². The molecule has 8 nitrogen and oxygen atoms in total. The highest BCUT2D eigenvalue weighted by Gasteiger charge is 2.19. The number of unbranched alkanes of at least 4 members (excludes halogenated alkanes) is 2. The molecule has 0 fully saturated rings. The van der Waals surface area contributed by atoms with Crippen LogP contribution >= 0.6 is 0 Å². The van der Waals surface area contributed by atoms with Crippen LogP contribution in [0.2, 0.25) is 0 Å². The summed E-state index contributed by atoms with van der Waals surface area (Å²) in [5.74, 6) is 1.60. The zero-order chi connectivity index (χ0) is 26.7. The predicted octanol–water partition coefficient (Wildman–Crippen LogP) is 6.17. The first-order chi connectivity index (χ1) is 17.7. The average Bonchev–Trinajstić information content (AvgIpc) is 3.38. The van der Waals surface area contributed by atoms with Crippen molar-refractivity contribution in [3.63, 3.8) is 0 Å². The van der Waals surface area contributed by atoms with E-state index >= 15 is 0 Å². The summed E-state index contributed by atoms with van der Waals surface area (Å²) in [4.78, 5) is 17.1. The number of hydrogen-bond donors (Lipinski definition) is 0. The fourth-order valence-electron chi connectivity index (χ4n) is 4.95. The zero-order valence-electron chi connectivity index (χ0n) is 23.6. The third-order valence-corrected chi connectivity index (χ3v) is 6.64. The summed E-state index contributed by atoms with van der Waals surface area (Å²) >= 11 is 0. The van der Waals surface area contributed by atoms with Gasteiger partial charge in [0.05, 0.1) is 11.4 Å². The summed E-state index contributed by atoms with van der Waals surface area (Å²) < 4.78 is 3.56. The SMILES string of the molecule is CCCCN(CCCC)c1c(C)cc(-c2nc(-n3nc(C)cc3C)nc(-n3nc(C)cc3C)n2)cc1C. The summed E-state index contributed by atoms with van der Waals surface area (Å²) in [7, 11) is 0. The third-order valence-electron chi connectivity index (χ3n) is 6.64. The summed E-state index contributed by atoms with van der Waals surface area (Å²) in [5, 5.41) is 9.27. The van der Waals surface area contributed by atoms with E-state index in [1.54, 1.807) is 9.36 Å². The van der Waals surface area contributed by atoms with Crippen molar-refractivity contribution in [3.05, 3.63) is 58.2 Å². The lowest BCUT2D eigenvalue weighted by Crippen LogP contribution is -2.27. The van der Waals surface area contributed by atoms with Gasteiger partial charge in [0.2, 0.25) is 0 Å². The smallest absolute Gasteiger partial charge is 0.256 e. The van der Waals surface area contributed by atoms with Crippen molar-refractivity contribution in [3.8, 4) is 23.3 Å². The minimum absolute atomic E-state index is 0.491. The van der Waals surface area contributed by atoms with Crippen molar-refractivity contribution in [2.24, 2.45) is 0 Å². The third kappa shape index (κ3) is 5.73. The molecule has 0 radical (unpaired) electrons. The first-order valence-corrected chi connectivity index (χ1v) is 13.4. The molecule has 196 valence electrons. The van der Waals surface area contributed by atoms with Gasteiger partial charge in [-0.2, -0.15) is 25.1 Å². The van der Waals surface area contributed by atoms with E-state index in [0.29, 0.717) is 17.7 Å². The number of hydrogen-bond acceptors (Lipinski definition) is 6. The van der Waals surface area contributed by atoms with Crippen LogP contribution in [0, 0.1) is 41.5 Å². The predicted molar refractivity (Wildman–Crippen MR) is 150 cm³/mol. The number of benzene rings is 1. The molecule has 3 aromatic heterocycles. The maximum Gasteiger partial charge on any atom is 0.256 e. The van der Waals surface area contributed by atoms with Crippen LogP contribution in [0.1, 0.15) is 73.4 Å². The van der Waals surface area contributed by atoms with Crippen molar-refractivity contribution in [2.75, 3.05) is 18.0 Å². The van der Waals surface area contributed by atoms with Crippen LogP contribution in [-0.2, 0) is 0 Å². The van der Waals surface area contributed by atoms with Crippen molar-refractivity contribution in [2.45, 2.75) is 81.1 Å². The molecule has 0 saturated heterocycles. The summed E-state index contributed by atoms with van der Waals surface area (Å²) in [5.41, 5.74) is 8.56. The zero-order valence-corrected chi connectivity index (χ0v) is 23.6. The van der Waals surface area contributed by atoms with Gasteiger partial charge in [-0.25, -0.2) is 9.36 Å². The molecule has 4 aromatic rings. The van der Waals surface area contributed by atoms with Gasteiger partial charge in [-0.1, -0.05) is 26.7 Å². The Kier molecular flexibility index (Phi) is 8.05. The molecule has 0 aliphatic heterocycles. The molecule has 8 heteroatoms. The van der Waals surface area contributed by atoms with Crippen molar-refractivity contribution in [1.82, 2.24) is 34.5 Å². The second-order valence-corrected chi connectivity index (χ2v) is 10.1. The molecule has 0 aliphatic rings. The molecule has 0 saturated carbocycles. The Morgan fingerprint density at radius 1 is 0.649 bits per heavy atom. The maximum absolute atomic E-state index is 4.89. The fraction of sp³-hybridized carbons (Fsp3) is 0.483. The number of aryl methyl sites for hydroxylation is 6. The summed E-state index contributed by atoms with van der Waals surface area (Å²) in [6.45, 7) is 19.0. The Morgan fingerprint density at radius 2 is 1.11 bits per heavy atom. The van der Waals surface area contributed by atoms with E-state index in [9.17, 15) is 0 Å². The van der Waals surface area contributed by atoms with Gasteiger partial charge < -0.3 is 4.90 Å². The van der Waals surface area contributed by atoms with E-state index in [1.165, 1.54) is 42.5 Å². The van der Waals surface area contributed by atoms with Crippen LogP contribution in [0.5, 0.6) is 0 Å². The standard InChI is InChI=1S/C29H40N8/c1-9-11-13-35(14-12-10-2)26-19(3)15-25(16-20(26)4)27-30-28(36-23(7)17-21(5)33-36)32-29(31-27)37-24(8)18-22(6)34-37/h15-18H,9-14H2,1-8H3. The van der Waals surface area contributed by atoms with E-state index in [2.05, 4.69) is 54.9 Å². The van der Waals surface area contributed by atoms with E-state index in [1.807, 2.05) is 39.8 Å². The Hall–Kier alpha value is -3.55. The second kappa shape index (κ2) is 11.2.